The number of aryl methyl sites for hydroxylation is 1. The summed E-state index contributed by atoms with van der Waals surface area (Å²) in [6.07, 6.45) is 10.2. The molecule has 2 nitrogen and oxygen atoms in total. The van der Waals surface area contributed by atoms with Crippen LogP contribution in [-0.2, 0) is 7.05 Å². The zero-order valence-corrected chi connectivity index (χ0v) is 8.24. The minimum atomic E-state index is 0.0760. The van der Waals surface area contributed by atoms with Gasteiger partial charge in [0.25, 0.3) is 0 Å². The van der Waals surface area contributed by atoms with Gasteiger partial charge < -0.3 is 4.42 Å². The van der Waals surface area contributed by atoms with Gasteiger partial charge in [0, 0.05) is 11.5 Å². The molecule has 0 fully saturated rings. The Balaban J connectivity index is 2.79. The van der Waals surface area contributed by atoms with Crippen LogP contribution in [0.4, 0.5) is 0 Å². The SMILES string of the molecule is C[n+]1coc2c1=CC=CC(C)(C)C=2. The Morgan fingerprint density at radius 1 is 1.38 bits per heavy atom. The monoisotopic (exact) mass is 176 g/mol. The maximum Gasteiger partial charge on any atom is 0.335 e. The van der Waals surface area contributed by atoms with Gasteiger partial charge in [-0.05, 0) is 6.08 Å². The van der Waals surface area contributed by atoms with E-state index in [4.69, 9.17) is 4.42 Å². The van der Waals surface area contributed by atoms with Crippen molar-refractivity contribution in [2.45, 2.75) is 13.8 Å². The lowest BCUT2D eigenvalue weighted by Gasteiger charge is -2.11. The van der Waals surface area contributed by atoms with E-state index in [0.29, 0.717) is 0 Å². The average molecular weight is 176 g/mol. The van der Waals surface area contributed by atoms with E-state index in [2.05, 4.69) is 38.2 Å². The minimum Gasteiger partial charge on any atom is -0.404 e. The van der Waals surface area contributed by atoms with Gasteiger partial charge in [0.1, 0.15) is 7.05 Å². The molecule has 2 rings (SSSR count). The molecule has 2 heteroatoms. The molecule has 1 aromatic rings. The van der Waals surface area contributed by atoms with Crippen LogP contribution in [0.2, 0.25) is 0 Å². The summed E-state index contributed by atoms with van der Waals surface area (Å²) in [5, 5.41) is 1.13. The fourth-order valence-electron chi connectivity index (χ4n) is 1.51. The molecule has 1 heterocycles. The molecular weight excluding hydrogens is 162 g/mol. The van der Waals surface area contributed by atoms with Crippen molar-refractivity contribution in [3.8, 4) is 0 Å². The molecule has 68 valence electrons. The predicted octanol–water partition coefficient (Wildman–Crippen LogP) is 0.261. The molecular formula is C11H14NO+. The highest BCUT2D eigenvalue weighted by molar-refractivity contribution is 5.43. The summed E-state index contributed by atoms with van der Waals surface area (Å²) >= 11 is 0. The molecule has 0 aliphatic heterocycles. The number of hydrogen-bond acceptors (Lipinski definition) is 1. The third-order valence-electron chi connectivity index (χ3n) is 2.25. The largest absolute Gasteiger partial charge is 0.404 e. The molecule has 0 radical (unpaired) electrons. The van der Waals surface area contributed by atoms with E-state index in [1.807, 2.05) is 11.6 Å². The third-order valence-corrected chi connectivity index (χ3v) is 2.25. The minimum absolute atomic E-state index is 0.0760. The second kappa shape index (κ2) is 2.59. The van der Waals surface area contributed by atoms with Crippen molar-refractivity contribution < 1.29 is 8.98 Å². The van der Waals surface area contributed by atoms with Crippen molar-refractivity contribution in [3.63, 3.8) is 0 Å². The quantitative estimate of drug-likeness (QED) is 0.518. The standard InChI is InChI=1S/C11H14NO/c1-11(2)6-4-5-9-10(7-11)13-8-12(9)3/h4-8H,1-3H3/q+1. The Hall–Kier alpha value is -1.31. The number of fused-ring (bicyclic) bond motifs is 1. The van der Waals surface area contributed by atoms with Crippen molar-refractivity contribution in [1.82, 2.24) is 0 Å². The fourth-order valence-corrected chi connectivity index (χ4v) is 1.51. The first-order valence-electron chi connectivity index (χ1n) is 4.44. The fraction of sp³-hybridized carbons (Fsp3) is 0.364. The predicted molar refractivity (Wildman–Crippen MR) is 51.0 cm³/mol. The number of oxazole rings is 1. The van der Waals surface area contributed by atoms with Gasteiger partial charge in [-0.15, -0.1) is 0 Å². The van der Waals surface area contributed by atoms with Crippen molar-refractivity contribution in [2.75, 3.05) is 0 Å². The van der Waals surface area contributed by atoms with Crippen LogP contribution in [0.5, 0.6) is 0 Å². The summed E-state index contributed by atoms with van der Waals surface area (Å²) in [5.41, 5.74) is 1.03. The Labute approximate surface area is 77.5 Å². The van der Waals surface area contributed by atoms with Crippen molar-refractivity contribution >= 4 is 12.2 Å². The zero-order valence-electron chi connectivity index (χ0n) is 8.24. The molecule has 0 spiro atoms. The molecule has 0 atom stereocenters. The van der Waals surface area contributed by atoms with E-state index in [0.717, 1.165) is 10.8 Å². The maximum atomic E-state index is 5.44. The summed E-state index contributed by atoms with van der Waals surface area (Å²) in [6, 6.07) is 0. The lowest BCUT2D eigenvalue weighted by molar-refractivity contribution is -0.687. The van der Waals surface area contributed by atoms with Crippen LogP contribution in [0.25, 0.3) is 12.2 Å². The molecule has 0 bridgehead atoms. The topological polar surface area (TPSA) is 17.0 Å². The van der Waals surface area contributed by atoms with Gasteiger partial charge >= 0.3 is 6.39 Å². The van der Waals surface area contributed by atoms with Crippen LogP contribution in [0, 0.1) is 5.41 Å². The van der Waals surface area contributed by atoms with Gasteiger partial charge in [0.2, 0.25) is 10.8 Å². The molecule has 0 saturated heterocycles. The van der Waals surface area contributed by atoms with Crippen LogP contribution < -0.4 is 15.3 Å². The Bertz CT molecular complexity index is 463. The summed E-state index contributed by atoms with van der Waals surface area (Å²) in [5.74, 6) is 0. The van der Waals surface area contributed by atoms with Gasteiger partial charge in [-0.25, -0.2) is 0 Å². The van der Waals surface area contributed by atoms with E-state index in [9.17, 15) is 0 Å². The molecule has 0 amide bonds. The average Bonchev–Trinajstić information content (AvgIpc) is 2.31. The Kier molecular flexibility index (Phi) is 1.65. The number of nitrogens with zero attached hydrogens (tertiary/aromatic N) is 1. The van der Waals surface area contributed by atoms with Crippen LogP contribution >= 0.6 is 0 Å². The van der Waals surface area contributed by atoms with E-state index in [1.54, 1.807) is 6.39 Å². The van der Waals surface area contributed by atoms with Gasteiger partial charge in [-0.3, -0.25) is 0 Å². The summed E-state index contributed by atoms with van der Waals surface area (Å²) in [6.45, 7) is 4.32. The second-order valence-electron chi connectivity index (χ2n) is 4.08. The molecule has 13 heavy (non-hydrogen) atoms. The van der Waals surface area contributed by atoms with Gasteiger partial charge in [-0.2, -0.15) is 4.57 Å². The summed E-state index contributed by atoms with van der Waals surface area (Å²) < 4.78 is 7.42. The zero-order chi connectivity index (χ0) is 9.47. The van der Waals surface area contributed by atoms with Crippen molar-refractivity contribution in [1.29, 1.82) is 0 Å². The van der Waals surface area contributed by atoms with E-state index >= 15 is 0 Å². The second-order valence-corrected chi connectivity index (χ2v) is 4.08. The third kappa shape index (κ3) is 1.44. The molecule has 1 aliphatic carbocycles. The number of hydrogen-bond donors (Lipinski definition) is 0. The Morgan fingerprint density at radius 2 is 2.15 bits per heavy atom. The highest BCUT2D eigenvalue weighted by atomic mass is 16.3. The number of allylic oxidation sites excluding steroid dienone is 2. The van der Waals surface area contributed by atoms with Crippen LogP contribution in [0.15, 0.2) is 23.0 Å². The first-order valence-corrected chi connectivity index (χ1v) is 4.44. The molecule has 0 saturated carbocycles. The molecule has 1 aliphatic rings. The van der Waals surface area contributed by atoms with Crippen LogP contribution in [-0.4, -0.2) is 0 Å². The molecule has 0 N–H and O–H groups in total. The van der Waals surface area contributed by atoms with E-state index in [-0.39, 0.29) is 5.41 Å². The van der Waals surface area contributed by atoms with E-state index in [1.165, 1.54) is 0 Å². The highest BCUT2D eigenvalue weighted by Gasteiger charge is 2.14. The van der Waals surface area contributed by atoms with Crippen molar-refractivity contribution in [2.24, 2.45) is 12.5 Å². The van der Waals surface area contributed by atoms with Gasteiger partial charge in [-0.1, -0.05) is 26.0 Å². The van der Waals surface area contributed by atoms with Crippen LogP contribution in [0.3, 0.4) is 0 Å². The number of aromatic nitrogens is 1. The Morgan fingerprint density at radius 3 is 2.92 bits per heavy atom. The van der Waals surface area contributed by atoms with Gasteiger partial charge in [0.05, 0.1) is 0 Å². The lowest BCUT2D eigenvalue weighted by atomic mass is 9.93. The lowest BCUT2D eigenvalue weighted by Crippen LogP contribution is -2.48. The summed E-state index contributed by atoms with van der Waals surface area (Å²) in [4.78, 5) is 0. The van der Waals surface area contributed by atoms with Crippen LogP contribution in [0.1, 0.15) is 13.8 Å². The molecule has 1 aromatic heterocycles. The molecule has 0 aromatic carbocycles. The normalized spacial score (nSPS) is 18.4. The highest BCUT2D eigenvalue weighted by Crippen LogP contribution is 2.19. The molecule has 0 unspecified atom stereocenters. The smallest absolute Gasteiger partial charge is 0.335 e. The first kappa shape index (κ1) is 8.30. The van der Waals surface area contributed by atoms with Crippen molar-refractivity contribution in [3.05, 3.63) is 29.3 Å². The number of rotatable bonds is 0. The van der Waals surface area contributed by atoms with Gasteiger partial charge in [0.15, 0.2) is 0 Å². The first-order chi connectivity index (χ1) is 6.08. The maximum absolute atomic E-state index is 5.44. The van der Waals surface area contributed by atoms with E-state index < -0.39 is 0 Å². The summed E-state index contributed by atoms with van der Waals surface area (Å²) in [7, 11) is 1.98.